The van der Waals surface area contributed by atoms with Gasteiger partial charge in [-0.3, -0.25) is 4.79 Å². The van der Waals surface area contributed by atoms with Gasteiger partial charge in [0.2, 0.25) is 0 Å². The number of aliphatic hydroxyl groups is 2. The molecular formula is C23H27F3O5. The quantitative estimate of drug-likeness (QED) is 0.548. The minimum Gasteiger partial charge on any atom is -0.489 e. The van der Waals surface area contributed by atoms with Gasteiger partial charge in [0.05, 0.1) is 17.8 Å². The Hall–Kier alpha value is -2.32. The maximum atomic E-state index is 12.9. The van der Waals surface area contributed by atoms with Gasteiger partial charge in [-0.25, -0.2) is 0 Å². The highest BCUT2D eigenvalue weighted by molar-refractivity contribution is 5.69. The average molecular weight is 440 g/mol. The van der Waals surface area contributed by atoms with E-state index in [2.05, 4.69) is 0 Å². The molecule has 1 aliphatic heterocycles. The van der Waals surface area contributed by atoms with E-state index < -0.39 is 36.0 Å². The molecule has 1 aromatic rings. The molecule has 2 N–H and O–H groups in total. The lowest BCUT2D eigenvalue weighted by molar-refractivity contribution is -0.148. The van der Waals surface area contributed by atoms with Crippen molar-refractivity contribution in [3.8, 4) is 5.75 Å². The number of rotatable bonds is 3. The van der Waals surface area contributed by atoms with E-state index in [0.29, 0.717) is 19.3 Å². The van der Waals surface area contributed by atoms with Gasteiger partial charge >= 0.3 is 12.1 Å². The smallest absolute Gasteiger partial charge is 0.416 e. The van der Waals surface area contributed by atoms with Crippen molar-refractivity contribution in [2.45, 2.75) is 56.6 Å². The Kier molecular flexibility index (Phi) is 7.78. The molecular weight excluding hydrogens is 413 g/mol. The van der Waals surface area contributed by atoms with E-state index in [1.807, 2.05) is 12.2 Å². The number of carbonyl (C=O) groups is 1. The van der Waals surface area contributed by atoms with Crippen LogP contribution in [0.3, 0.4) is 0 Å². The molecule has 5 atom stereocenters. The van der Waals surface area contributed by atoms with Crippen molar-refractivity contribution in [3.05, 3.63) is 54.1 Å². The number of hydrogen-bond donors (Lipinski definition) is 2. The minimum absolute atomic E-state index is 0.0144. The first-order chi connectivity index (χ1) is 14.7. The van der Waals surface area contributed by atoms with Crippen molar-refractivity contribution in [2.24, 2.45) is 11.8 Å². The van der Waals surface area contributed by atoms with Crippen LogP contribution >= 0.6 is 0 Å². The van der Waals surface area contributed by atoms with Crippen molar-refractivity contribution in [1.82, 2.24) is 0 Å². The summed E-state index contributed by atoms with van der Waals surface area (Å²) in [5, 5.41) is 20.6. The van der Waals surface area contributed by atoms with Crippen molar-refractivity contribution in [2.75, 3.05) is 6.61 Å². The topological polar surface area (TPSA) is 76.0 Å². The predicted octanol–water partition coefficient (Wildman–Crippen LogP) is 4.04. The highest BCUT2D eigenvalue weighted by Gasteiger charge is 2.39. The second-order valence-corrected chi connectivity index (χ2v) is 7.96. The molecule has 3 rings (SSSR count). The van der Waals surface area contributed by atoms with Crippen molar-refractivity contribution >= 4 is 5.97 Å². The zero-order chi connectivity index (χ0) is 22.4. The summed E-state index contributed by atoms with van der Waals surface area (Å²) < 4.78 is 49.7. The van der Waals surface area contributed by atoms with Crippen LogP contribution in [0.15, 0.2) is 48.6 Å². The molecule has 5 nitrogen and oxygen atoms in total. The minimum atomic E-state index is -4.49. The number of alkyl halides is 3. The number of cyclic esters (lactones) is 1. The molecule has 1 saturated carbocycles. The zero-order valence-corrected chi connectivity index (χ0v) is 17.0. The Bertz CT molecular complexity index is 805. The van der Waals surface area contributed by atoms with Crippen LogP contribution in [0.25, 0.3) is 0 Å². The van der Waals surface area contributed by atoms with Crippen molar-refractivity contribution in [3.63, 3.8) is 0 Å². The molecule has 0 saturated heterocycles. The second kappa shape index (κ2) is 10.3. The first kappa shape index (κ1) is 23.3. The largest absolute Gasteiger partial charge is 0.489 e. The number of esters is 1. The molecule has 8 heteroatoms. The van der Waals surface area contributed by atoms with E-state index in [1.54, 1.807) is 12.2 Å². The molecule has 31 heavy (non-hydrogen) atoms. The number of carbonyl (C=O) groups excluding carboxylic acids is 1. The molecule has 0 aromatic heterocycles. The van der Waals surface area contributed by atoms with Crippen LogP contribution in [-0.2, 0) is 15.7 Å². The Labute approximate surface area is 179 Å². The van der Waals surface area contributed by atoms with E-state index in [1.165, 1.54) is 12.1 Å². The zero-order valence-electron chi connectivity index (χ0n) is 17.0. The molecule has 170 valence electrons. The molecule has 1 aromatic carbocycles. The van der Waals surface area contributed by atoms with Gasteiger partial charge < -0.3 is 19.7 Å². The summed E-state index contributed by atoms with van der Waals surface area (Å²) >= 11 is 0. The molecule has 0 bridgehead atoms. The Morgan fingerprint density at radius 3 is 2.71 bits per heavy atom. The van der Waals surface area contributed by atoms with Gasteiger partial charge in [-0.1, -0.05) is 24.3 Å². The summed E-state index contributed by atoms with van der Waals surface area (Å²) in [6.07, 6.45) is 2.89. The third-order valence-electron chi connectivity index (χ3n) is 5.65. The first-order valence-electron chi connectivity index (χ1n) is 10.4. The number of fused-ring (bicyclic) bond motifs is 1. The third-order valence-corrected chi connectivity index (χ3v) is 5.65. The maximum Gasteiger partial charge on any atom is 0.416 e. The predicted molar refractivity (Wildman–Crippen MR) is 107 cm³/mol. The van der Waals surface area contributed by atoms with E-state index in [4.69, 9.17) is 9.47 Å². The van der Waals surface area contributed by atoms with Crippen LogP contribution < -0.4 is 4.74 Å². The van der Waals surface area contributed by atoms with E-state index in [9.17, 15) is 28.2 Å². The monoisotopic (exact) mass is 440 g/mol. The van der Waals surface area contributed by atoms with Gasteiger partial charge in [-0.2, -0.15) is 13.2 Å². The van der Waals surface area contributed by atoms with Crippen LogP contribution in [0, 0.1) is 11.8 Å². The lowest BCUT2D eigenvalue weighted by Crippen LogP contribution is -2.25. The molecule has 0 spiro atoms. The number of ether oxygens (including phenoxy) is 2. The molecule has 0 amide bonds. The molecule has 1 unspecified atom stereocenters. The fraction of sp³-hybridized carbons (Fsp3) is 0.522. The Morgan fingerprint density at radius 2 is 1.94 bits per heavy atom. The molecule has 1 aliphatic carbocycles. The Balaban J connectivity index is 1.74. The lowest BCUT2D eigenvalue weighted by atomic mass is 9.89. The summed E-state index contributed by atoms with van der Waals surface area (Å²) in [7, 11) is 0. The fourth-order valence-electron chi connectivity index (χ4n) is 3.99. The summed E-state index contributed by atoms with van der Waals surface area (Å²) in [6.45, 7) is -0.169. The maximum absolute atomic E-state index is 12.9. The highest BCUT2D eigenvalue weighted by Crippen LogP contribution is 2.36. The number of allylic oxidation sites excluding steroid dienone is 2. The van der Waals surface area contributed by atoms with Crippen LogP contribution in [0.5, 0.6) is 5.75 Å². The second-order valence-electron chi connectivity index (χ2n) is 7.96. The van der Waals surface area contributed by atoms with Crippen molar-refractivity contribution < 1.29 is 37.7 Å². The molecule has 0 radical (unpaired) electrons. The highest BCUT2D eigenvalue weighted by atomic mass is 19.4. The van der Waals surface area contributed by atoms with Gasteiger partial charge in [0.1, 0.15) is 12.4 Å². The standard InChI is InChI=1S/C23H27F3O5/c24-23(25,26)15-6-5-7-16(12-15)30-14-17-10-11-19-18(20(27)13-21(19)28)8-3-1-2-4-9-22(29)31-17/h1,3,5-7,10-12,17-21,27-28H,2,4,8-9,13-14H2/b3-1-,11-10+/t17-,18-,19?,20+,21-/m1/s1. The first-order valence-corrected chi connectivity index (χ1v) is 10.4. The third kappa shape index (κ3) is 6.58. The summed E-state index contributed by atoms with van der Waals surface area (Å²) in [4.78, 5) is 12.2. The van der Waals surface area contributed by atoms with Gasteiger partial charge in [-0.15, -0.1) is 0 Å². The summed E-state index contributed by atoms with van der Waals surface area (Å²) in [6, 6.07) is 4.49. The fourth-order valence-corrected chi connectivity index (χ4v) is 3.99. The van der Waals surface area contributed by atoms with Gasteiger partial charge in [0.25, 0.3) is 0 Å². The number of halogens is 3. The number of hydrogen-bond acceptors (Lipinski definition) is 5. The van der Waals surface area contributed by atoms with E-state index in [0.717, 1.165) is 12.1 Å². The van der Waals surface area contributed by atoms with Gasteiger partial charge in [0.15, 0.2) is 6.10 Å². The molecule has 1 fully saturated rings. The van der Waals surface area contributed by atoms with Crippen LogP contribution in [0.4, 0.5) is 13.2 Å². The van der Waals surface area contributed by atoms with Gasteiger partial charge in [-0.05, 0) is 49.5 Å². The number of benzene rings is 1. The van der Waals surface area contributed by atoms with Crippen LogP contribution in [0.2, 0.25) is 0 Å². The lowest BCUT2D eigenvalue weighted by Gasteiger charge is -2.21. The summed E-state index contributed by atoms with van der Waals surface area (Å²) in [5.74, 6) is -0.904. The average Bonchev–Trinajstić information content (AvgIpc) is 2.98. The van der Waals surface area contributed by atoms with E-state index in [-0.39, 0.29) is 37.0 Å². The molecule has 1 heterocycles. The van der Waals surface area contributed by atoms with Crippen LogP contribution in [-0.4, -0.2) is 41.1 Å². The SMILES string of the molecule is O=C1CCC/C=C\C[C@@H]2C(/C=C/[C@H](COc3cccc(C(F)(F)F)c3)O1)[C@H](O)C[C@@H]2O. The van der Waals surface area contributed by atoms with E-state index >= 15 is 0 Å². The molecule has 2 aliphatic rings. The number of aliphatic hydroxyl groups excluding tert-OH is 2. The summed E-state index contributed by atoms with van der Waals surface area (Å²) in [5.41, 5.74) is -0.828. The van der Waals surface area contributed by atoms with Crippen molar-refractivity contribution in [1.29, 1.82) is 0 Å². The Morgan fingerprint density at radius 1 is 1.13 bits per heavy atom. The van der Waals surface area contributed by atoms with Crippen LogP contribution in [0.1, 0.15) is 37.7 Å². The normalized spacial score (nSPS) is 32.0. The van der Waals surface area contributed by atoms with Gasteiger partial charge in [0, 0.05) is 18.8 Å².